The number of amides is 1. The van der Waals surface area contributed by atoms with Crippen molar-refractivity contribution < 1.29 is 19.2 Å². The molecule has 28 heavy (non-hydrogen) atoms. The average molecular weight is 422 g/mol. The van der Waals surface area contributed by atoms with Crippen LogP contribution in [0.25, 0.3) is 6.08 Å². The Kier molecular flexibility index (Phi) is 6.82. The minimum atomic E-state index is -0.809. The van der Waals surface area contributed by atoms with Crippen LogP contribution >= 0.6 is 23.2 Å². The monoisotopic (exact) mass is 421 g/mol. The molecule has 0 fully saturated rings. The first-order valence-electron chi connectivity index (χ1n) is 7.60. The van der Waals surface area contributed by atoms with Crippen molar-refractivity contribution in [2.24, 2.45) is 0 Å². The number of halogens is 2. The maximum atomic E-state index is 12.4. The van der Waals surface area contributed by atoms with Crippen LogP contribution in [0, 0.1) is 21.4 Å². The van der Waals surface area contributed by atoms with E-state index >= 15 is 0 Å². The van der Waals surface area contributed by atoms with Gasteiger partial charge in [-0.1, -0.05) is 29.3 Å². The molecule has 144 valence electrons. The molecule has 0 spiro atoms. The van der Waals surface area contributed by atoms with Gasteiger partial charge in [-0.15, -0.1) is 0 Å². The zero-order chi connectivity index (χ0) is 20.8. The van der Waals surface area contributed by atoms with E-state index in [0.717, 1.165) is 12.1 Å². The fraction of sp³-hybridized carbons (Fsp3) is 0.111. The van der Waals surface area contributed by atoms with E-state index in [1.165, 1.54) is 32.4 Å². The van der Waals surface area contributed by atoms with Gasteiger partial charge in [0.1, 0.15) is 11.6 Å². The zero-order valence-electron chi connectivity index (χ0n) is 14.7. The fourth-order valence-electron chi connectivity index (χ4n) is 2.25. The summed E-state index contributed by atoms with van der Waals surface area (Å²) in [7, 11) is 2.69. The summed E-state index contributed by atoms with van der Waals surface area (Å²) in [6.45, 7) is 0. The van der Waals surface area contributed by atoms with E-state index < -0.39 is 10.8 Å². The number of anilines is 1. The Bertz CT molecular complexity index is 1020. The third-order valence-corrected chi connectivity index (χ3v) is 4.41. The molecule has 0 saturated carbocycles. The molecule has 0 unspecified atom stereocenters. The molecule has 0 atom stereocenters. The molecule has 1 amide bonds. The van der Waals surface area contributed by atoms with Crippen LogP contribution < -0.4 is 14.8 Å². The lowest BCUT2D eigenvalue weighted by atomic mass is 10.1. The topological polar surface area (TPSA) is 114 Å². The number of nitro groups is 1. The van der Waals surface area contributed by atoms with Gasteiger partial charge in [0.15, 0.2) is 11.5 Å². The molecular weight excluding hydrogens is 409 g/mol. The molecule has 0 aliphatic rings. The maximum Gasteiger partial charge on any atom is 0.280 e. The number of carbonyl (C=O) groups is 1. The second kappa shape index (κ2) is 9.08. The molecule has 1 N–H and O–H groups in total. The molecule has 0 aliphatic carbocycles. The highest BCUT2D eigenvalue weighted by molar-refractivity contribution is 6.44. The number of methoxy groups -OCH3 is 2. The van der Waals surface area contributed by atoms with Gasteiger partial charge in [0.2, 0.25) is 0 Å². The van der Waals surface area contributed by atoms with Crippen LogP contribution in [0.1, 0.15) is 5.56 Å². The smallest absolute Gasteiger partial charge is 0.280 e. The Hall–Kier alpha value is -3.28. The first kappa shape index (κ1) is 21.0. The van der Waals surface area contributed by atoms with Gasteiger partial charge in [-0.25, -0.2) is 0 Å². The SMILES string of the molecule is COc1cc(/C=C(\C#N)C(=O)Nc2cccc(Cl)c2Cl)c([N+](=O)[O-])cc1OC. The average Bonchev–Trinajstić information content (AvgIpc) is 2.68. The van der Waals surface area contributed by atoms with Gasteiger partial charge in [0, 0.05) is 0 Å². The van der Waals surface area contributed by atoms with Crippen molar-refractivity contribution in [3.63, 3.8) is 0 Å². The number of carbonyl (C=O) groups excluding carboxylic acids is 1. The molecule has 0 aliphatic heterocycles. The van der Waals surface area contributed by atoms with Crippen molar-refractivity contribution in [3.8, 4) is 17.6 Å². The lowest BCUT2D eigenvalue weighted by Crippen LogP contribution is -2.14. The van der Waals surface area contributed by atoms with Gasteiger partial charge < -0.3 is 14.8 Å². The maximum absolute atomic E-state index is 12.4. The number of nitro benzene ring substituents is 1. The molecule has 0 aromatic heterocycles. The van der Waals surface area contributed by atoms with Gasteiger partial charge in [-0.2, -0.15) is 5.26 Å². The standard InChI is InChI=1S/C18H13Cl2N3O5/c1-27-15-7-10(14(23(25)26)8-16(15)28-2)6-11(9-21)18(24)22-13-5-3-4-12(19)17(13)20/h3-8H,1-2H3,(H,22,24)/b11-6+. The molecular formula is C18H13Cl2N3O5. The van der Waals surface area contributed by atoms with E-state index in [-0.39, 0.29) is 44.1 Å². The molecule has 10 heteroatoms. The normalized spacial score (nSPS) is 10.8. The molecule has 2 rings (SSSR count). The van der Waals surface area contributed by atoms with Crippen LogP contribution in [-0.4, -0.2) is 25.1 Å². The summed E-state index contributed by atoms with van der Waals surface area (Å²) in [6.07, 6.45) is 1.08. The molecule has 0 radical (unpaired) electrons. The number of benzene rings is 2. The highest BCUT2D eigenvalue weighted by atomic mass is 35.5. The number of hydrogen-bond acceptors (Lipinski definition) is 6. The summed E-state index contributed by atoms with van der Waals surface area (Å²) in [5.74, 6) is -0.467. The molecule has 0 saturated heterocycles. The van der Waals surface area contributed by atoms with Gasteiger partial charge >= 0.3 is 0 Å². The third kappa shape index (κ3) is 4.52. The Morgan fingerprint density at radius 3 is 2.46 bits per heavy atom. The van der Waals surface area contributed by atoms with Crippen LogP contribution in [0.2, 0.25) is 10.0 Å². The minimum Gasteiger partial charge on any atom is -0.493 e. The first-order chi connectivity index (χ1) is 13.3. The molecule has 0 bridgehead atoms. The summed E-state index contributed by atoms with van der Waals surface area (Å²) in [5, 5.41) is 23.5. The second-order valence-electron chi connectivity index (χ2n) is 5.25. The van der Waals surface area contributed by atoms with Crippen LogP contribution in [0.15, 0.2) is 35.9 Å². The first-order valence-corrected chi connectivity index (χ1v) is 8.35. The van der Waals surface area contributed by atoms with E-state index in [1.807, 2.05) is 0 Å². The number of nitrogens with zero attached hydrogens (tertiary/aromatic N) is 2. The summed E-state index contributed by atoms with van der Waals surface area (Å²) < 4.78 is 10.2. The van der Waals surface area contributed by atoms with Crippen molar-refractivity contribution in [1.82, 2.24) is 0 Å². The number of ether oxygens (including phenoxy) is 2. The third-order valence-electron chi connectivity index (χ3n) is 3.59. The number of hydrogen-bond donors (Lipinski definition) is 1. The second-order valence-corrected chi connectivity index (χ2v) is 6.03. The lowest BCUT2D eigenvalue weighted by Gasteiger charge is -2.10. The van der Waals surface area contributed by atoms with Crippen LogP contribution in [-0.2, 0) is 4.79 Å². The summed E-state index contributed by atoms with van der Waals surface area (Å²) in [6, 6.07) is 8.76. The van der Waals surface area contributed by atoms with E-state index in [0.29, 0.717) is 0 Å². The summed E-state index contributed by atoms with van der Waals surface area (Å²) >= 11 is 11.9. The van der Waals surface area contributed by atoms with Gasteiger partial charge in [0.25, 0.3) is 11.6 Å². The summed E-state index contributed by atoms with van der Waals surface area (Å²) in [4.78, 5) is 23.1. The lowest BCUT2D eigenvalue weighted by molar-refractivity contribution is -0.385. The zero-order valence-corrected chi connectivity index (χ0v) is 16.2. The minimum absolute atomic E-state index is 0.00783. The van der Waals surface area contributed by atoms with Crippen molar-refractivity contribution in [2.75, 3.05) is 19.5 Å². The van der Waals surface area contributed by atoms with E-state index in [1.54, 1.807) is 12.1 Å². The van der Waals surface area contributed by atoms with Crippen molar-refractivity contribution in [2.45, 2.75) is 0 Å². The molecule has 2 aromatic carbocycles. The fourth-order valence-corrected chi connectivity index (χ4v) is 2.60. The molecule has 0 heterocycles. The Balaban J connectivity index is 2.48. The Morgan fingerprint density at radius 2 is 1.89 bits per heavy atom. The van der Waals surface area contributed by atoms with E-state index in [9.17, 15) is 20.2 Å². The largest absolute Gasteiger partial charge is 0.493 e. The van der Waals surface area contributed by atoms with Crippen LogP contribution in [0.3, 0.4) is 0 Å². The van der Waals surface area contributed by atoms with Crippen molar-refractivity contribution in [1.29, 1.82) is 5.26 Å². The number of nitrogens with one attached hydrogen (secondary N) is 1. The van der Waals surface area contributed by atoms with E-state index in [2.05, 4.69) is 5.32 Å². The van der Waals surface area contributed by atoms with Crippen molar-refractivity contribution >= 4 is 46.6 Å². The van der Waals surface area contributed by atoms with Crippen LogP contribution in [0.5, 0.6) is 11.5 Å². The van der Waals surface area contributed by atoms with Gasteiger partial charge in [-0.05, 0) is 24.3 Å². The van der Waals surface area contributed by atoms with E-state index in [4.69, 9.17) is 32.7 Å². The number of rotatable bonds is 6. The van der Waals surface area contributed by atoms with Crippen LogP contribution in [0.4, 0.5) is 11.4 Å². The quantitative estimate of drug-likeness (QED) is 0.318. The molecule has 2 aromatic rings. The Morgan fingerprint density at radius 1 is 1.25 bits per heavy atom. The number of nitriles is 1. The summed E-state index contributed by atoms with van der Waals surface area (Å²) in [5.41, 5.74) is -0.556. The predicted octanol–water partition coefficient (Wildman–Crippen LogP) is 4.46. The van der Waals surface area contributed by atoms with Crippen molar-refractivity contribution in [3.05, 3.63) is 61.6 Å². The predicted molar refractivity (Wildman–Crippen MR) is 105 cm³/mol. The highest BCUT2D eigenvalue weighted by Crippen LogP contribution is 2.36. The Labute approximate surface area is 170 Å². The highest BCUT2D eigenvalue weighted by Gasteiger charge is 2.20. The van der Waals surface area contributed by atoms with Gasteiger partial charge in [0.05, 0.1) is 46.5 Å². The molecule has 8 nitrogen and oxygen atoms in total. The van der Waals surface area contributed by atoms with Gasteiger partial charge in [-0.3, -0.25) is 14.9 Å².